The number of methoxy groups -OCH3 is 2. The zero-order chi connectivity index (χ0) is 27.0. The van der Waals surface area contributed by atoms with Gasteiger partial charge in [-0.15, -0.1) is 0 Å². The molecule has 1 N–H and O–H groups in total. The molecule has 39 heavy (non-hydrogen) atoms. The Hall–Kier alpha value is -4.84. The van der Waals surface area contributed by atoms with Crippen LogP contribution in [0.3, 0.4) is 0 Å². The summed E-state index contributed by atoms with van der Waals surface area (Å²) in [6.45, 7) is 0.509. The van der Waals surface area contributed by atoms with Crippen molar-refractivity contribution >= 4 is 5.91 Å². The molecule has 0 aliphatic heterocycles. The number of amides is 1. The van der Waals surface area contributed by atoms with Gasteiger partial charge in [-0.1, -0.05) is 72.8 Å². The Labute approximate surface area is 228 Å². The minimum absolute atomic E-state index is 0.173. The zero-order valence-corrected chi connectivity index (χ0v) is 22.1. The number of hydrogen-bond acceptors (Lipinski definition) is 4. The molecule has 1 amide bonds. The third-order valence-corrected chi connectivity index (χ3v) is 6.75. The highest BCUT2D eigenvalue weighted by Gasteiger charge is 2.19. The molecule has 4 aromatic carbocycles. The summed E-state index contributed by atoms with van der Waals surface area (Å²) >= 11 is 0. The summed E-state index contributed by atoms with van der Waals surface area (Å²) in [7, 11) is 3.26. The van der Waals surface area contributed by atoms with E-state index in [0.717, 1.165) is 29.2 Å². The zero-order valence-electron chi connectivity index (χ0n) is 22.1. The molecule has 196 valence electrons. The molecule has 0 fully saturated rings. The maximum absolute atomic E-state index is 13.6. The van der Waals surface area contributed by atoms with Gasteiger partial charge in [-0.25, -0.2) is 4.68 Å². The molecular formula is C33H31N3O3. The Morgan fingerprint density at radius 2 is 1.41 bits per heavy atom. The van der Waals surface area contributed by atoms with Crippen molar-refractivity contribution in [2.45, 2.75) is 12.3 Å². The Morgan fingerprint density at radius 3 is 2.03 bits per heavy atom. The molecule has 0 unspecified atom stereocenters. The van der Waals surface area contributed by atoms with Crippen LogP contribution in [0.15, 0.2) is 115 Å². The van der Waals surface area contributed by atoms with Crippen LogP contribution in [0.25, 0.3) is 16.9 Å². The summed E-state index contributed by atoms with van der Waals surface area (Å²) in [6, 6.07) is 37.8. The molecule has 5 rings (SSSR count). The summed E-state index contributed by atoms with van der Waals surface area (Å²) in [4.78, 5) is 13.6. The first kappa shape index (κ1) is 25.8. The first-order chi connectivity index (χ1) is 19.2. The van der Waals surface area contributed by atoms with Crippen molar-refractivity contribution in [3.05, 3.63) is 132 Å². The Bertz CT molecular complexity index is 1470. The number of nitrogens with one attached hydrogen (secondary N) is 1. The molecule has 0 aliphatic carbocycles. The number of ether oxygens (including phenoxy) is 2. The van der Waals surface area contributed by atoms with Crippen molar-refractivity contribution < 1.29 is 14.3 Å². The van der Waals surface area contributed by atoms with Gasteiger partial charge in [0.2, 0.25) is 0 Å². The third-order valence-electron chi connectivity index (χ3n) is 6.75. The van der Waals surface area contributed by atoms with Crippen molar-refractivity contribution in [1.29, 1.82) is 0 Å². The molecule has 1 heterocycles. The van der Waals surface area contributed by atoms with Crippen LogP contribution in [0.5, 0.6) is 11.5 Å². The molecule has 0 saturated carbocycles. The second kappa shape index (κ2) is 12.1. The van der Waals surface area contributed by atoms with Gasteiger partial charge in [0.15, 0.2) is 0 Å². The Kier molecular flexibility index (Phi) is 8.03. The van der Waals surface area contributed by atoms with Crippen molar-refractivity contribution in [3.63, 3.8) is 0 Å². The molecule has 1 aromatic heterocycles. The van der Waals surface area contributed by atoms with E-state index in [-0.39, 0.29) is 11.8 Å². The van der Waals surface area contributed by atoms with E-state index in [9.17, 15) is 4.79 Å². The van der Waals surface area contributed by atoms with Crippen LogP contribution >= 0.6 is 0 Å². The fraction of sp³-hybridized carbons (Fsp3) is 0.152. The van der Waals surface area contributed by atoms with Gasteiger partial charge in [0.1, 0.15) is 17.2 Å². The largest absolute Gasteiger partial charge is 0.497 e. The average Bonchev–Trinajstić information content (AvgIpc) is 3.46. The monoisotopic (exact) mass is 517 g/mol. The van der Waals surface area contributed by atoms with E-state index in [1.54, 1.807) is 18.9 Å². The predicted octanol–water partition coefficient (Wildman–Crippen LogP) is 6.51. The second-order valence-corrected chi connectivity index (χ2v) is 9.18. The lowest BCUT2D eigenvalue weighted by Gasteiger charge is -2.18. The summed E-state index contributed by atoms with van der Waals surface area (Å²) in [5, 5.41) is 7.94. The van der Waals surface area contributed by atoms with Crippen molar-refractivity contribution in [2.24, 2.45) is 0 Å². The van der Waals surface area contributed by atoms with E-state index in [1.165, 1.54) is 11.1 Å². The van der Waals surface area contributed by atoms with Crippen LogP contribution in [0, 0.1) is 0 Å². The molecule has 0 bridgehead atoms. The minimum atomic E-state index is -0.188. The summed E-state index contributed by atoms with van der Waals surface area (Å²) in [5.41, 5.74) is 5.21. The van der Waals surface area contributed by atoms with Gasteiger partial charge in [-0.2, -0.15) is 5.10 Å². The fourth-order valence-corrected chi connectivity index (χ4v) is 4.70. The molecule has 0 saturated heterocycles. The number of aromatic nitrogens is 2. The Balaban J connectivity index is 1.41. The Morgan fingerprint density at radius 1 is 0.769 bits per heavy atom. The first-order valence-corrected chi connectivity index (χ1v) is 12.9. The maximum atomic E-state index is 13.6. The minimum Gasteiger partial charge on any atom is -0.497 e. The summed E-state index contributed by atoms with van der Waals surface area (Å²) in [6.07, 6.45) is 0.763. The van der Waals surface area contributed by atoms with E-state index in [1.807, 2.05) is 66.7 Å². The maximum Gasteiger partial charge on any atom is 0.270 e. The van der Waals surface area contributed by atoms with Crippen molar-refractivity contribution in [2.75, 3.05) is 20.8 Å². The van der Waals surface area contributed by atoms with Crippen LogP contribution in [0.4, 0.5) is 0 Å². The lowest BCUT2D eigenvalue weighted by molar-refractivity contribution is 0.0945. The molecule has 0 radical (unpaired) electrons. The van der Waals surface area contributed by atoms with E-state index < -0.39 is 0 Å². The normalized spacial score (nSPS) is 10.8. The van der Waals surface area contributed by atoms with Crippen LogP contribution in [0.1, 0.15) is 34.0 Å². The molecule has 5 aromatic rings. The molecule has 6 heteroatoms. The van der Waals surface area contributed by atoms with Crippen molar-refractivity contribution in [1.82, 2.24) is 15.1 Å². The smallest absolute Gasteiger partial charge is 0.270 e. The lowest BCUT2D eigenvalue weighted by atomic mass is 9.88. The second-order valence-electron chi connectivity index (χ2n) is 9.18. The topological polar surface area (TPSA) is 65.4 Å². The summed E-state index contributed by atoms with van der Waals surface area (Å²) < 4.78 is 12.4. The number of carbonyl (C=O) groups excluding carboxylic acids is 1. The van der Waals surface area contributed by atoms with Gasteiger partial charge in [-0.05, 0) is 60.0 Å². The van der Waals surface area contributed by atoms with Crippen molar-refractivity contribution in [3.8, 4) is 28.4 Å². The number of nitrogens with zero attached hydrogens (tertiary/aromatic N) is 2. The van der Waals surface area contributed by atoms with Crippen LogP contribution in [-0.2, 0) is 0 Å². The number of benzene rings is 4. The molecule has 0 atom stereocenters. The highest BCUT2D eigenvalue weighted by molar-refractivity contribution is 5.94. The van der Waals surface area contributed by atoms with E-state index in [0.29, 0.717) is 17.9 Å². The lowest BCUT2D eigenvalue weighted by Crippen LogP contribution is -2.28. The predicted molar refractivity (Wildman–Crippen MR) is 154 cm³/mol. The van der Waals surface area contributed by atoms with Crippen LogP contribution < -0.4 is 14.8 Å². The van der Waals surface area contributed by atoms with Gasteiger partial charge in [0.25, 0.3) is 5.91 Å². The van der Waals surface area contributed by atoms with Gasteiger partial charge < -0.3 is 14.8 Å². The number of carbonyl (C=O) groups is 1. The SMILES string of the molecule is COc1ccc(-n2nc(-c3cccc(OC)c3)cc2C(=O)NCCC(c2ccccc2)c2ccccc2)cc1. The summed E-state index contributed by atoms with van der Waals surface area (Å²) in [5.74, 6) is 1.45. The van der Waals surface area contributed by atoms with Gasteiger partial charge in [-0.3, -0.25) is 4.79 Å². The van der Waals surface area contributed by atoms with Gasteiger partial charge in [0.05, 0.1) is 25.6 Å². The molecule has 6 nitrogen and oxygen atoms in total. The molecule has 0 spiro atoms. The third kappa shape index (κ3) is 6.02. The number of rotatable bonds is 10. The van der Waals surface area contributed by atoms with E-state index in [4.69, 9.17) is 14.6 Å². The highest BCUT2D eigenvalue weighted by atomic mass is 16.5. The van der Waals surface area contributed by atoms with E-state index >= 15 is 0 Å². The standard InChI is InChI=1S/C33H31N3O3/c1-38-28-18-16-27(17-19-28)36-32(23-31(35-36)26-14-9-15-29(22-26)39-2)33(37)34-21-20-30(24-10-5-3-6-11-24)25-12-7-4-8-13-25/h3-19,22-23,30H,20-21H2,1-2H3,(H,34,37). The van der Waals surface area contributed by atoms with Gasteiger partial charge in [0, 0.05) is 18.0 Å². The highest BCUT2D eigenvalue weighted by Crippen LogP contribution is 2.28. The van der Waals surface area contributed by atoms with Crippen LogP contribution in [-0.4, -0.2) is 36.5 Å². The van der Waals surface area contributed by atoms with E-state index in [2.05, 4.69) is 53.8 Å². The first-order valence-electron chi connectivity index (χ1n) is 12.9. The average molecular weight is 518 g/mol. The quantitative estimate of drug-likeness (QED) is 0.229. The number of hydrogen-bond donors (Lipinski definition) is 1. The fourth-order valence-electron chi connectivity index (χ4n) is 4.70. The van der Waals surface area contributed by atoms with Crippen LogP contribution in [0.2, 0.25) is 0 Å². The van der Waals surface area contributed by atoms with Gasteiger partial charge >= 0.3 is 0 Å². The molecule has 0 aliphatic rings. The molecular weight excluding hydrogens is 486 g/mol.